The van der Waals surface area contributed by atoms with Gasteiger partial charge in [-0.15, -0.1) is 11.3 Å². The predicted octanol–water partition coefficient (Wildman–Crippen LogP) is 2.60. The smallest absolute Gasteiger partial charge is 0.348 e. The normalized spacial score (nSPS) is 10.1. The van der Waals surface area contributed by atoms with Crippen molar-refractivity contribution in [1.29, 1.82) is 0 Å². The molecule has 0 aliphatic carbocycles. The van der Waals surface area contributed by atoms with E-state index in [1.807, 2.05) is 0 Å². The van der Waals surface area contributed by atoms with Crippen molar-refractivity contribution in [1.82, 2.24) is 5.32 Å². The van der Waals surface area contributed by atoms with Gasteiger partial charge in [0.25, 0.3) is 5.91 Å². The average molecular weight is 293 g/mol. The van der Waals surface area contributed by atoms with Gasteiger partial charge in [0.1, 0.15) is 10.7 Å². The molecule has 0 saturated heterocycles. The van der Waals surface area contributed by atoms with Crippen LogP contribution in [-0.4, -0.2) is 19.0 Å². The minimum absolute atomic E-state index is 0.283. The molecule has 2 rings (SSSR count). The van der Waals surface area contributed by atoms with Crippen LogP contribution in [0.3, 0.4) is 0 Å². The van der Waals surface area contributed by atoms with E-state index in [4.69, 9.17) is 0 Å². The Balaban J connectivity index is 1.96. The second-order valence-corrected chi connectivity index (χ2v) is 5.05. The van der Waals surface area contributed by atoms with Crippen molar-refractivity contribution in [2.24, 2.45) is 0 Å². The number of hydrogen-bond acceptors (Lipinski definition) is 4. The van der Waals surface area contributed by atoms with E-state index in [9.17, 15) is 14.0 Å². The number of benzene rings is 1. The van der Waals surface area contributed by atoms with Gasteiger partial charge in [0.2, 0.25) is 0 Å². The van der Waals surface area contributed by atoms with E-state index in [-0.39, 0.29) is 11.7 Å². The van der Waals surface area contributed by atoms with Crippen LogP contribution in [0.4, 0.5) is 4.39 Å². The summed E-state index contributed by atoms with van der Waals surface area (Å²) >= 11 is 1.06. The lowest BCUT2D eigenvalue weighted by Crippen LogP contribution is -2.21. The van der Waals surface area contributed by atoms with E-state index in [2.05, 4.69) is 10.1 Å². The average Bonchev–Trinajstić information content (AvgIpc) is 2.95. The van der Waals surface area contributed by atoms with Gasteiger partial charge >= 0.3 is 5.97 Å². The highest BCUT2D eigenvalue weighted by Gasteiger charge is 2.13. The van der Waals surface area contributed by atoms with E-state index in [0.717, 1.165) is 16.9 Å². The first-order chi connectivity index (χ1) is 9.60. The third-order valence-electron chi connectivity index (χ3n) is 2.58. The van der Waals surface area contributed by atoms with Crippen LogP contribution in [-0.2, 0) is 11.3 Å². The molecule has 0 saturated carbocycles. The summed E-state index contributed by atoms with van der Waals surface area (Å²) in [6.45, 7) is 0.296. The van der Waals surface area contributed by atoms with Crippen LogP contribution in [0.15, 0.2) is 36.4 Å². The Hall–Kier alpha value is -2.21. The van der Waals surface area contributed by atoms with E-state index in [1.165, 1.54) is 19.2 Å². The fourth-order valence-electron chi connectivity index (χ4n) is 1.54. The maximum atomic E-state index is 12.7. The molecular weight excluding hydrogens is 281 g/mol. The number of ether oxygens (including phenoxy) is 1. The van der Waals surface area contributed by atoms with Gasteiger partial charge in [-0.2, -0.15) is 0 Å². The van der Waals surface area contributed by atoms with E-state index in [0.29, 0.717) is 16.3 Å². The minimum atomic E-state index is -0.465. The summed E-state index contributed by atoms with van der Waals surface area (Å²) in [6.07, 6.45) is 0. The Bertz CT molecular complexity index is 622. The van der Waals surface area contributed by atoms with Gasteiger partial charge in [0, 0.05) is 6.54 Å². The molecule has 0 aliphatic rings. The second kappa shape index (κ2) is 6.29. The SMILES string of the molecule is COC(=O)c1ccc(C(=O)NCc2ccc(F)cc2)s1. The lowest BCUT2D eigenvalue weighted by Gasteiger charge is -2.03. The van der Waals surface area contributed by atoms with Crippen LogP contribution >= 0.6 is 11.3 Å². The quantitative estimate of drug-likeness (QED) is 0.882. The van der Waals surface area contributed by atoms with Gasteiger partial charge in [-0.1, -0.05) is 12.1 Å². The Morgan fingerprint density at radius 3 is 2.45 bits per heavy atom. The molecule has 6 heteroatoms. The number of hydrogen-bond donors (Lipinski definition) is 1. The molecule has 104 valence electrons. The van der Waals surface area contributed by atoms with Crippen LogP contribution in [0.1, 0.15) is 24.9 Å². The van der Waals surface area contributed by atoms with Crippen molar-refractivity contribution < 1.29 is 18.7 Å². The molecule has 20 heavy (non-hydrogen) atoms. The van der Waals surface area contributed by atoms with Gasteiger partial charge in [-0.05, 0) is 29.8 Å². The summed E-state index contributed by atoms with van der Waals surface area (Å²) in [6, 6.07) is 8.98. The summed E-state index contributed by atoms with van der Waals surface area (Å²) in [4.78, 5) is 24.0. The van der Waals surface area contributed by atoms with Crippen LogP contribution in [0.25, 0.3) is 0 Å². The zero-order valence-electron chi connectivity index (χ0n) is 10.7. The first-order valence-corrected chi connectivity index (χ1v) is 6.62. The minimum Gasteiger partial charge on any atom is -0.465 e. The van der Waals surface area contributed by atoms with Crippen molar-refractivity contribution in [3.63, 3.8) is 0 Å². The molecule has 0 aliphatic heterocycles. The summed E-state index contributed by atoms with van der Waals surface area (Å²) < 4.78 is 17.3. The van der Waals surface area contributed by atoms with E-state index >= 15 is 0 Å². The molecule has 0 atom stereocenters. The van der Waals surface area contributed by atoms with Crippen molar-refractivity contribution in [2.75, 3.05) is 7.11 Å². The number of methoxy groups -OCH3 is 1. The standard InChI is InChI=1S/C14H12FNO3S/c1-19-14(18)12-7-6-11(20-12)13(17)16-8-9-2-4-10(15)5-3-9/h2-7H,8H2,1H3,(H,16,17). The number of carbonyl (C=O) groups excluding carboxylic acids is 2. The van der Waals surface area contributed by atoms with Crippen LogP contribution < -0.4 is 5.32 Å². The molecule has 4 nitrogen and oxygen atoms in total. The summed E-state index contributed by atoms with van der Waals surface area (Å²) in [5.41, 5.74) is 0.796. The Kier molecular flexibility index (Phi) is 4.47. The molecule has 0 radical (unpaired) electrons. The van der Waals surface area contributed by atoms with Gasteiger partial charge in [-0.3, -0.25) is 4.79 Å². The van der Waals surface area contributed by atoms with Crippen molar-refractivity contribution in [3.8, 4) is 0 Å². The first kappa shape index (κ1) is 14.2. The highest BCUT2D eigenvalue weighted by Crippen LogP contribution is 2.17. The number of nitrogens with one attached hydrogen (secondary N) is 1. The second-order valence-electron chi connectivity index (χ2n) is 3.96. The molecule has 1 N–H and O–H groups in total. The molecule has 0 bridgehead atoms. The number of amides is 1. The highest BCUT2D eigenvalue weighted by molar-refractivity contribution is 7.15. The number of esters is 1. The fourth-order valence-corrected chi connectivity index (χ4v) is 2.38. The topological polar surface area (TPSA) is 55.4 Å². The van der Waals surface area contributed by atoms with Gasteiger partial charge in [0.05, 0.1) is 12.0 Å². The third kappa shape index (κ3) is 3.42. The maximum Gasteiger partial charge on any atom is 0.348 e. The highest BCUT2D eigenvalue weighted by atomic mass is 32.1. The lowest BCUT2D eigenvalue weighted by molar-refractivity contribution is 0.0606. The largest absolute Gasteiger partial charge is 0.465 e. The molecule has 1 amide bonds. The summed E-state index contributed by atoms with van der Waals surface area (Å²) in [5, 5.41) is 2.70. The number of carbonyl (C=O) groups is 2. The monoisotopic (exact) mass is 293 g/mol. The lowest BCUT2D eigenvalue weighted by atomic mass is 10.2. The predicted molar refractivity (Wildman–Crippen MR) is 73.2 cm³/mol. The number of halogens is 1. The van der Waals surface area contributed by atoms with Gasteiger partial charge < -0.3 is 10.1 Å². The number of thiophene rings is 1. The van der Waals surface area contributed by atoms with E-state index < -0.39 is 5.97 Å². The van der Waals surface area contributed by atoms with Crippen molar-refractivity contribution >= 4 is 23.2 Å². The Morgan fingerprint density at radius 1 is 1.15 bits per heavy atom. The Morgan fingerprint density at radius 2 is 1.80 bits per heavy atom. The summed E-state index contributed by atoms with van der Waals surface area (Å²) in [7, 11) is 1.29. The molecule has 1 aromatic heterocycles. The summed E-state index contributed by atoms with van der Waals surface area (Å²) in [5.74, 6) is -1.07. The number of rotatable bonds is 4. The van der Waals surface area contributed by atoms with E-state index in [1.54, 1.807) is 24.3 Å². The zero-order valence-corrected chi connectivity index (χ0v) is 11.5. The molecule has 0 spiro atoms. The first-order valence-electron chi connectivity index (χ1n) is 5.81. The van der Waals surface area contributed by atoms with Gasteiger partial charge in [-0.25, -0.2) is 9.18 Å². The zero-order chi connectivity index (χ0) is 14.5. The fraction of sp³-hybridized carbons (Fsp3) is 0.143. The third-order valence-corrected chi connectivity index (χ3v) is 3.65. The maximum absolute atomic E-state index is 12.7. The van der Waals surface area contributed by atoms with Crippen LogP contribution in [0.5, 0.6) is 0 Å². The molecule has 0 unspecified atom stereocenters. The van der Waals surface area contributed by atoms with Crippen LogP contribution in [0, 0.1) is 5.82 Å². The molecule has 1 aromatic carbocycles. The van der Waals surface area contributed by atoms with Crippen molar-refractivity contribution in [3.05, 3.63) is 57.5 Å². The van der Waals surface area contributed by atoms with Gasteiger partial charge in [0.15, 0.2) is 0 Å². The molecule has 2 aromatic rings. The molecule has 0 fully saturated rings. The molecular formula is C14H12FNO3S. The van der Waals surface area contributed by atoms with Crippen LogP contribution in [0.2, 0.25) is 0 Å². The van der Waals surface area contributed by atoms with Crippen molar-refractivity contribution in [2.45, 2.75) is 6.54 Å². The molecule has 1 heterocycles. The Labute approximate surface area is 119 Å².